The van der Waals surface area contributed by atoms with Crippen LogP contribution in [0.3, 0.4) is 0 Å². The van der Waals surface area contributed by atoms with Crippen molar-refractivity contribution in [2.45, 2.75) is 39.8 Å². The number of likely N-dealkylation sites (tertiary alicyclic amines) is 1. The lowest BCUT2D eigenvalue weighted by Crippen LogP contribution is -2.35. The van der Waals surface area contributed by atoms with Gasteiger partial charge in [-0.05, 0) is 48.6 Å². The zero-order valence-corrected chi connectivity index (χ0v) is 19.8. The van der Waals surface area contributed by atoms with Gasteiger partial charge in [0.15, 0.2) is 0 Å². The second-order valence-electron chi connectivity index (χ2n) is 9.48. The van der Waals surface area contributed by atoms with E-state index in [9.17, 15) is 9.18 Å². The Bertz CT molecular complexity index is 1060. The molecule has 1 aliphatic rings. The average molecular weight is 445 g/mol. The number of hydrogen-bond donors (Lipinski definition) is 0. The van der Waals surface area contributed by atoms with Crippen LogP contribution in [0.4, 0.5) is 4.39 Å². The van der Waals surface area contributed by atoms with E-state index < -0.39 is 0 Å². The van der Waals surface area contributed by atoms with Gasteiger partial charge in [0.1, 0.15) is 5.82 Å². The third kappa shape index (κ3) is 6.08. The SMILES string of the molecule is CC(=O)N(Cc1ccc(F)cc1)C[C@H]1CN(Cc2ccc(C)cc2)C[C@H]1c1ccc(C)cc1. The van der Waals surface area contributed by atoms with Crippen molar-refractivity contribution in [2.75, 3.05) is 19.6 Å². The molecule has 3 nitrogen and oxygen atoms in total. The molecule has 0 saturated carbocycles. The molecule has 1 aliphatic heterocycles. The van der Waals surface area contributed by atoms with Crippen molar-refractivity contribution in [1.29, 1.82) is 0 Å². The highest BCUT2D eigenvalue weighted by Gasteiger charge is 2.35. The predicted molar refractivity (Wildman–Crippen MR) is 131 cm³/mol. The first-order valence-corrected chi connectivity index (χ1v) is 11.7. The Labute approximate surface area is 196 Å². The monoisotopic (exact) mass is 444 g/mol. The van der Waals surface area contributed by atoms with Gasteiger partial charge in [-0.1, -0.05) is 71.8 Å². The van der Waals surface area contributed by atoms with Crippen molar-refractivity contribution in [3.63, 3.8) is 0 Å². The number of carbonyl (C=O) groups is 1. The summed E-state index contributed by atoms with van der Waals surface area (Å²) in [5.74, 6) is 0.502. The first kappa shape index (κ1) is 23.2. The van der Waals surface area contributed by atoms with E-state index in [2.05, 4.69) is 67.3 Å². The van der Waals surface area contributed by atoms with Gasteiger partial charge in [-0.15, -0.1) is 0 Å². The molecule has 4 heteroatoms. The second kappa shape index (κ2) is 10.3. The molecule has 1 saturated heterocycles. The van der Waals surface area contributed by atoms with E-state index in [1.807, 2.05) is 4.90 Å². The summed E-state index contributed by atoms with van der Waals surface area (Å²) in [6.45, 7) is 9.88. The summed E-state index contributed by atoms with van der Waals surface area (Å²) >= 11 is 0. The summed E-state index contributed by atoms with van der Waals surface area (Å²) in [7, 11) is 0. The standard InChI is InChI=1S/C29H33FN2O/c1-21-4-8-24(9-5-21)16-31-18-27(29(20-31)26-12-6-22(2)7-13-26)19-32(23(3)33)17-25-10-14-28(30)15-11-25/h4-15,27,29H,16-20H2,1-3H3/t27-,29+/m1/s1. The molecule has 1 amide bonds. The Morgan fingerprint density at radius 1 is 0.879 bits per heavy atom. The molecule has 3 aromatic carbocycles. The number of rotatable bonds is 7. The molecular formula is C29H33FN2O. The Balaban J connectivity index is 1.53. The van der Waals surface area contributed by atoms with Crippen molar-refractivity contribution in [2.24, 2.45) is 5.92 Å². The number of nitrogens with zero attached hydrogens (tertiary/aromatic N) is 2. The van der Waals surface area contributed by atoms with Gasteiger partial charge >= 0.3 is 0 Å². The van der Waals surface area contributed by atoms with E-state index in [1.54, 1.807) is 19.1 Å². The zero-order valence-electron chi connectivity index (χ0n) is 19.8. The quantitative estimate of drug-likeness (QED) is 0.466. The fourth-order valence-electron chi connectivity index (χ4n) is 4.82. The molecule has 0 unspecified atom stereocenters. The van der Waals surface area contributed by atoms with Crippen molar-refractivity contribution in [1.82, 2.24) is 9.80 Å². The van der Waals surface area contributed by atoms with E-state index >= 15 is 0 Å². The normalized spacial score (nSPS) is 18.4. The molecule has 33 heavy (non-hydrogen) atoms. The van der Waals surface area contributed by atoms with Gasteiger partial charge in [0.2, 0.25) is 5.91 Å². The minimum atomic E-state index is -0.255. The molecule has 2 atom stereocenters. The van der Waals surface area contributed by atoms with Crippen LogP contribution < -0.4 is 0 Å². The van der Waals surface area contributed by atoms with Gasteiger partial charge in [-0.3, -0.25) is 9.69 Å². The molecule has 0 bridgehead atoms. The third-order valence-corrected chi connectivity index (χ3v) is 6.74. The Morgan fingerprint density at radius 3 is 2.06 bits per heavy atom. The summed E-state index contributed by atoms with van der Waals surface area (Å²) in [4.78, 5) is 17.0. The molecule has 1 heterocycles. The van der Waals surface area contributed by atoms with E-state index in [0.29, 0.717) is 24.9 Å². The van der Waals surface area contributed by atoms with E-state index in [-0.39, 0.29) is 11.7 Å². The number of benzene rings is 3. The van der Waals surface area contributed by atoms with Crippen molar-refractivity contribution < 1.29 is 9.18 Å². The molecule has 4 rings (SSSR count). The summed E-state index contributed by atoms with van der Waals surface area (Å²) in [5, 5.41) is 0. The maximum absolute atomic E-state index is 13.3. The Morgan fingerprint density at radius 2 is 1.45 bits per heavy atom. The van der Waals surface area contributed by atoms with Crippen molar-refractivity contribution in [3.8, 4) is 0 Å². The highest BCUT2D eigenvalue weighted by Crippen LogP contribution is 2.34. The third-order valence-electron chi connectivity index (χ3n) is 6.74. The van der Waals surface area contributed by atoms with Crippen molar-refractivity contribution in [3.05, 3.63) is 106 Å². The summed E-state index contributed by atoms with van der Waals surface area (Å²) in [6.07, 6.45) is 0. The smallest absolute Gasteiger partial charge is 0.219 e. The van der Waals surface area contributed by atoms with Crippen LogP contribution in [0.5, 0.6) is 0 Å². The van der Waals surface area contributed by atoms with Gasteiger partial charge < -0.3 is 4.90 Å². The molecule has 0 aliphatic carbocycles. The Hall–Kier alpha value is -2.98. The van der Waals surface area contributed by atoms with Crippen LogP contribution in [0.2, 0.25) is 0 Å². The lowest BCUT2D eigenvalue weighted by molar-refractivity contribution is -0.130. The van der Waals surface area contributed by atoms with Gasteiger partial charge in [0.05, 0.1) is 0 Å². The fourth-order valence-corrected chi connectivity index (χ4v) is 4.82. The lowest BCUT2D eigenvalue weighted by atomic mass is 9.88. The molecule has 0 spiro atoms. The van der Waals surface area contributed by atoms with Crippen LogP contribution in [0, 0.1) is 25.6 Å². The van der Waals surface area contributed by atoms with Gasteiger partial charge in [-0.2, -0.15) is 0 Å². The summed E-state index contributed by atoms with van der Waals surface area (Å²) < 4.78 is 13.3. The van der Waals surface area contributed by atoms with Gasteiger partial charge in [0, 0.05) is 45.6 Å². The summed E-state index contributed by atoms with van der Waals surface area (Å²) in [6, 6.07) is 24.0. The molecule has 0 aromatic heterocycles. The highest BCUT2D eigenvalue weighted by atomic mass is 19.1. The number of amides is 1. The van der Waals surface area contributed by atoms with Crippen LogP contribution in [-0.2, 0) is 17.9 Å². The topological polar surface area (TPSA) is 23.6 Å². The molecular weight excluding hydrogens is 411 g/mol. The largest absolute Gasteiger partial charge is 0.338 e. The molecule has 0 radical (unpaired) electrons. The minimum Gasteiger partial charge on any atom is -0.338 e. The van der Waals surface area contributed by atoms with Crippen LogP contribution in [0.1, 0.15) is 40.7 Å². The maximum Gasteiger partial charge on any atom is 0.219 e. The molecule has 172 valence electrons. The van der Waals surface area contributed by atoms with E-state index in [0.717, 1.165) is 25.2 Å². The van der Waals surface area contributed by atoms with Crippen LogP contribution >= 0.6 is 0 Å². The predicted octanol–water partition coefficient (Wildman–Crippen LogP) is 5.71. The van der Waals surface area contributed by atoms with Crippen molar-refractivity contribution >= 4 is 5.91 Å². The number of carbonyl (C=O) groups excluding carboxylic acids is 1. The average Bonchev–Trinajstić information content (AvgIpc) is 3.19. The Kier molecular flexibility index (Phi) is 7.24. The minimum absolute atomic E-state index is 0.0546. The number of aryl methyl sites for hydroxylation is 2. The van der Waals surface area contributed by atoms with Crippen LogP contribution in [0.15, 0.2) is 72.8 Å². The number of hydrogen-bond acceptors (Lipinski definition) is 2. The first-order chi connectivity index (χ1) is 15.9. The van der Waals surface area contributed by atoms with Gasteiger partial charge in [-0.25, -0.2) is 4.39 Å². The molecule has 1 fully saturated rings. The fraction of sp³-hybridized carbons (Fsp3) is 0.345. The summed E-state index contributed by atoms with van der Waals surface area (Å²) in [5.41, 5.74) is 6.13. The molecule has 0 N–H and O–H groups in total. The second-order valence-corrected chi connectivity index (χ2v) is 9.48. The number of halogens is 1. The van der Waals surface area contributed by atoms with Crippen LogP contribution in [-0.4, -0.2) is 35.3 Å². The van der Waals surface area contributed by atoms with Crippen LogP contribution in [0.25, 0.3) is 0 Å². The maximum atomic E-state index is 13.3. The zero-order chi connectivity index (χ0) is 23.4. The van der Waals surface area contributed by atoms with Gasteiger partial charge in [0.25, 0.3) is 0 Å². The highest BCUT2D eigenvalue weighted by molar-refractivity contribution is 5.73. The van der Waals surface area contributed by atoms with E-state index in [1.165, 1.54) is 34.4 Å². The van der Waals surface area contributed by atoms with E-state index in [4.69, 9.17) is 0 Å². The lowest BCUT2D eigenvalue weighted by Gasteiger charge is -2.28. The molecule has 3 aromatic rings. The first-order valence-electron chi connectivity index (χ1n) is 11.7.